The summed E-state index contributed by atoms with van der Waals surface area (Å²) >= 11 is 0. The Morgan fingerprint density at radius 2 is 2.31 bits per heavy atom. The predicted molar refractivity (Wildman–Crippen MR) is 52.2 cm³/mol. The number of aromatic nitrogens is 3. The van der Waals surface area contributed by atoms with E-state index >= 15 is 0 Å². The van der Waals surface area contributed by atoms with Gasteiger partial charge in [-0.1, -0.05) is 5.21 Å². The fraction of sp³-hybridized carbons (Fsp3) is 0.556. The van der Waals surface area contributed by atoms with E-state index in [0.29, 0.717) is 12.2 Å². The lowest BCUT2D eigenvalue weighted by atomic mass is 10.4. The standard InChI is InChI=1S/C9H12N4O3/c14-8(15)5-13-4-7(11-12-13)3-10-9(16)6-1-2-6/h4,6H,1-3,5H2,(H,10,16)(H,14,15). The second kappa shape index (κ2) is 4.30. The third-order valence-electron chi connectivity index (χ3n) is 2.28. The molecule has 86 valence electrons. The Bertz CT molecular complexity index is 411. The Balaban J connectivity index is 1.82. The highest BCUT2D eigenvalue weighted by Crippen LogP contribution is 2.28. The SMILES string of the molecule is O=C(O)Cn1cc(CNC(=O)C2CC2)nn1. The summed E-state index contributed by atoms with van der Waals surface area (Å²) in [5.41, 5.74) is 0.565. The maximum absolute atomic E-state index is 11.3. The van der Waals surface area contributed by atoms with Gasteiger partial charge in [-0.3, -0.25) is 9.59 Å². The largest absolute Gasteiger partial charge is 0.480 e. The molecule has 0 aromatic carbocycles. The molecule has 0 unspecified atom stereocenters. The van der Waals surface area contributed by atoms with Crippen molar-refractivity contribution < 1.29 is 14.7 Å². The zero-order chi connectivity index (χ0) is 11.5. The molecule has 7 heteroatoms. The van der Waals surface area contributed by atoms with Crippen molar-refractivity contribution in [2.24, 2.45) is 5.92 Å². The number of carbonyl (C=O) groups is 2. The molecule has 1 aromatic heterocycles. The van der Waals surface area contributed by atoms with Crippen LogP contribution in [0.25, 0.3) is 0 Å². The van der Waals surface area contributed by atoms with Gasteiger partial charge in [0.15, 0.2) is 0 Å². The molecule has 1 aliphatic rings. The normalized spacial score (nSPS) is 14.8. The summed E-state index contributed by atoms with van der Waals surface area (Å²) in [4.78, 5) is 21.7. The molecule has 2 N–H and O–H groups in total. The Morgan fingerprint density at radius 1 is 1.56 bits per heavy atom. The van der Waals surface area contributed by atoms with Gasteiger partial charge in [0.1, 0.15) is 12.2 Å². The highest BCUT2D eigenvalue weighted by Gasteiger charge is 2.29. The molecule has 1 heterocycles. The lowest BCUT2D eigenvalue weighted by Gasteiger charge is -1.99. The molecule has 1 amide bonds. The van der Waals surface area contributed by atoms with Crippen molar-refractivity contribution in [2.45, 2.75) is 25.9 Å². The quantitative estimate of drug-likeness (QED) is 0.695. The maximum Gasteiger partial charge on any atom is 0.325 e. The monoisotopic (exact) mass is 224 g/mol. The lowest BCUT2D eigenvalue weighted by molar-refractivity contribution is -0.138. The van der Waals surface area contributed by atoms with E-state index in [1.165, 1.54) is 10.9 Å². The molecule has 0 radical (unpaired) electrons. The van der Waals surface area contributed by atoms with E-state index in [9.17, 15) is 9.59 Å². The molecule has 0 saturated heterocycles. The summed E-state index contributed by atoms with van der Waals surface area (Å²) in [6, 6.07) is 0. The molecule has 0 bridgehead atoms. The average Bonchev–Trinajstić information content (AvgIpc) is 2.97. The van der Waals surface area contributed by atoms with Crippen LogP contribution in [0.15, 0.2) is 6.20 Å². The minimum Gasteiger partial charge on any atom is -0.480 e. The number of amides is 1. The van der Waals surface area contributed by atoms with Gasteiger partial charge < -0.3 is 10.4 Å². The number of nitrogens with one attached hydrogen (secondary N) is 1. The molecule has 1 fully saturated rings. The van der Waals surface area contributed by atoms with Crippen molar-refractivity contribution in [1.29, 1.82) is 0 Å². The average molecular weight is 224 g/mol. The van der Waals surface area contributed by atoms with Crippen molar-refractivity contribution in [1.82, 2.24) is 20.3 Å². The van der Waals surface area contributed by atoms with E-state index in [2.05, 4.69) is 15.6 Å². The highest BCUT2D eigenvalue weighted by molar-refractivity contribution is 5.80. The number of aliphatic carboxylic acids is 1. The minimum absolute atomic E-state index is 0.0350. The van der Waals surface area contributed by atoms with Gasteiger partial charge in [-0.25, -0.2) is 4.68 Å². The topological polar surface area (TPSA) is 97.1 Å². The lowest BCUT2D eigenvalue weighted by Crippen LogP contribution is -2.24. The summed E-state index contributed by atoms with van der Waals surface area (Å²) in [5, 5.41) is 18.6. The Labute approximate surface area is 91.4 Å². The molecule has 2 rings (SSSR count). The molecule has 1 saturated carbocycles. The van der Waals surface area contributed by atoms with Gasteiger partial charge in [0.2, 0.25) is 5.91 Å². The minimum atomic E-state index is -0.974. The van der Waals surface area contributed by atoms with Crippen LogP contribution in [0.3, 0.4) is 0 Å². The van der Waals surface area contributed by atoms with E-state index in [-0.39, 0.29) is 18.4 Å². The summed E-state index contributed by atoms with van der Waals surface area (Å²) < 4.78 is 1.22. The number of rotatable bonds is 5. The van der Waals surface area contributed by atoms with Gasteiger partial charge in [0, 0.05) is 5.92 Å². The number of carboxylic acid groups (broad SMARTS) is 1. The van der Waals surface area contributed by atoms with Crippen LogP contribution in [0.4, 0.5) is 0 Å². The second-order valence-corrected chi connectivity index (χ2v) is 3.79. The van der Waals surface area contributed by atoms with Gasteiger partial charge in [-0.2, -0.15) is 0 Å². The van der Waals surface area contributed by atoms with Crippen LogP contribution >= 0.6 is 0 Å². The molecular weight excluding hydrogens is 212 g/mol. The number of hydrogen-bond donors (Lipinski definition) is 2. The smallest absolute Gasteiger partial charge is 0.325 e. The molecule has 1 aromatic rings. The summed E-state index contributed by atoms with van der Waals surface area (Å²) in [6.45, 7) is 0.0819. The first-order valence-electron chi connectivity index (χ1n) is 5.03. The van der Waals surface area contributed by atoms with Crippen molar-refractivity contribution in [3.8, 4) is 0 Å². The summed E-state index contributed by atoms with van der Waals surface area (Å²) in [6.07, 6.45) is 3.43. The van der Waals surface area contributed by atoms with Gasteiger partial charge in [-0.15, -0.1) is 5.10 Å². The van der Waals surface area contributed by atoms with E-state index in [1.807, 2.05) is 0 Å². The third kappa shape index (κ3) is 2.78. The van der Waals surface area contributed by atoms with Crippen LogP contribution < -0.4 is 5.32 Å². The van der Waals surface area contributed by atoms with E-state index < -0.39 is 5.97 Å². The zero-order valence-corrected chi connectivity index (χ0v) is 8.59. The molecule has 0 aliphatic heterocycles. The van der Waals surface area contributed by atoms with Crippen molar-refractivity contribution in [2.75, 3.05) is 0 Å². The van der Waals surface area contributed by atoms with Crippen molar-refractivity contribution in [3.05, 3.63) is 11.9 Å². The van der Waals surface area contributed by atoms with Crippen molar-refractivity contribution in [3.63, 3.8) is 0 Å². The first-order chi connectivity index (χ1) is 7.65. The van der Waals surface area contributed by atoms with Gasteiger partial charge in [0.25, 0.3) is 0 Å². The highest BCUT2D eigenvalue weighted by atomic mass is 16.4. The first-order valence-corrected chi connectivity index (χ1v) is 5.03. The van der Waals surface area contributed by atoms with Crippen molar-refractivity contribution >= 4 is 11.9 Å². The number of nitrogens with zero attached hydrogens (tertiary/aromatic N) is 3. The third-order valence-corrected chi connectivity index (χ3v) is 2.28. The second-order valence-electron chi connectivity index (χ2n) is 3.79. The molecular formula is C9H12N4O3. The number of hydrogen-bond acceptors (Lipinski definition) is 4. The number of carboxylic acids is 1. The molecule has 1 aliphatic carbocycles. The van der Waals surface area contributed by atoms with Gasteiger partial charge >= 0.3 is 5.97 Å². The Hall–Kier alpha value is -1.92. The van der Waals surface area contributed by atoms with E-state index in [1.54, 1.807) is 0 Å². The van der Waals surface area contributed by atoms with Crippen LogP contribution in [0.1, 0.15) is 18.5 Å². The van der Waals surface area contributed by atoms with E-state index in [0.717, 1.165) is 12.8 Å². The van der Waals surface area contributed by atoms with Crippen LogP contribution in [0, 0.1) is 5.92 Å². The van der Waals surface area contributed by atoms with Crippen LogP contribution in [0.2, 0.25) is 0 Å². The van der Waals surface area contributed by atoms with E-state index in [4.69, 9.17) is 5.11 Å². The summed E-state index contributed by atoms with van der Waals surface area (Å²) in [7, 11) is 0. The molecule has 0 atom stereocenters. The molecule has 7 nitrogen and oxygen atoms in total. The predicted octanol–water partition coefficient (Wildman–Crippen LogP) is -0.611. The Morgan fingerprint density at radius 3 is 2.94 bits per heavy atom. The summed E-state index contributed by atoms with van der Waals surface area (Å²) in [5.74, 6) is -0.777. The van der Waals surface area contributed by atoms with Gasteiger partial charge in [0.05, 0.1) is 12.7 Å². The molecule has 16 heavy (non-hydrogen) atoms. The van der Waals surface area contributed by atoms with Crippen LogP contribution in [-0.2, 0) is 22.7 Å². The maximum atomic E-state index is 11.3. The fourth-order valence-electron chi connectivity index (χ4n) is 1.30. The zero-order valence-electron chi connectivity index (χ0n) is 8.59. The fourth-order valence-corrected chi connectivity index (χ4v) is 1.30. The number of carbonyl (C=O) groups excluding carboxylic acids is 1. The van der Waals surface area contributed by atoms with Gasteiger partial charge in [-0.05, 0) is 12.8 Å². The van der Waals surface area contributed by atoms with Crippen LogP contribution in [-0.4, -0.2) is 32.0 Å². The Kier molecular flexibility index (Phi) is 2.84. The van der Waals surface area contributed by atoms with Crippen LogP contribution in [0.5, 0.6) is 0 Å². The molecule has 0 spiro atoms. The first kappa shape index (κ1) is 10.6.